The first-order valence-corrected chi connectivity index (χ1v) is 8.50. The van der Waals surface area contributed by atoms with Gasteiger partial charge in [-0.1, -0.05) is 23.2 Å². The van der Waals surface area contributed by atoms with E-state index in [4.69, 9.17) is 23.2 Å². The van der Waals surface area contributed by atoms with Crippen LogP contribution in [0.15, 0.2) is 47.4 Å². The van der Waals surface area contributed by atoms with Crippen LogP contribution in [0, 0.1) is 3.57 Å². The van der Waals surface area contributed by atoms with Gasteiger partial charge in [-0.3, -0.25) is 4.79 Å². The Labute approximate surface area is 145 Å². The number of carbonyl (C=O) groups excluding carboxylic acids is 1. The lowest BCUT2D eigenvalue weighted by Gasteiger charge is -2.07. The van der Waals surface area contributed by atoms with E-state index < -0.39 is 0 Å². The van der Waals surface area contributed by atoms with Crippen LogP contribution < -0.4 is 5.32 Å². The number of halogens is 3. The Bertz CT molecular complexity index is 619. The highest BCUT2D eigenvalue weighted by molar-refractivity contribution is 14.1. The van der Waals surface area contributed by atoms with Crippen LogP contribution in [0.4, 0.5) is 5.69 Å². The second kappa shape index (κ2) is 7.54. The summed E-state index contributed by atoms with van der Waals surface area (Å²) in [5, 5.41) is 4.03. The van der Waals surface area contributed by atoms with Gasteiger partial charge in [-0.05, 0) is 65.1 Å². The average Bonchev–Trinajstić information content (AvgIpc) is 2.41. The standard InChI is InChI=1S/C14H10Cl2INOS/c15-9-1-4-11(5-2-9)20-8-14(19)18-13-6-3-10(17)7-12(13)16/h1-7H,8H2,(H,18,19). The third-order valence-corrected chi connectivity index (χ3v) is 4.64. The lowest BCUT2D eigenvalue weighted by atomic mass is 10.3. The molecule has 0 aliphatic carbocycles. The molecule has 2 nitrogen and oxygen atoms in total. The van der Waals surface area contributed by atoms with Gasteiger partial charge >= 0.3 is 0 Å². The highest BCUT2D eigenvalue weighted by Crippen LogP contribution is 2.25. The van der Waals surface area contributed by atoms with Gasteiger partial charge in [-0.2, -0.15) is 0 Å². The highest BCUT2D eigenvalue weighted by Gasteiger charge is 2.07. The summed E-state index contributed by atoms with van der Waals surface area (Å²) >= 11 is 15.5. The molecule has 0 aliphatic rings. The van der Waals surface area contributed by atoms with Crippen molar-refractivity contribution in [2.24, 2.45) is 0 Å². The fourth-order valence-corrected chi connectivity index (χ4v) is 3.18. The van der Waals surface area contributed by atoms with Crippen molar-refractivity contribution >= 4 is 69.1 Å². The van der Waals surface area contributed by atoms with Gasteiger partial charge in [0.2, 0.25) is 5.91 Å². The lowest BCUT2D eigenvalue weighted by Crippen LogP contribution is -2.14. The monoisotopic (exact) mass is 437 g/mol. The fourth-order valence-electron chi connectivity index (χ4n) is 1.46. The van der Waals surface area contributed by atoms with Crippen LogP contribution in [0.5, 0.6) is 0 Å². The number of benzene rings is 2. The first-order valence-electron chi connectivity index (χ1n) is 5.68. The van der Waals surface area contributed by atoms with E-state index in [1.54, 1.807) is 18.2 Å². The molecule has 6 heteroatoms. The fraction of sp³-hybridized carbons (Fsp3) is 0.0714. The molecule has 20 heavy (non-hydrogen) atoms. The van der Waals surface area contributed by atoms with Crippen LogP contribution in [-0.2, 0) is 4.79 Å². The highest BCUT2D eigenvalue weighted by atomic mass is 127. The summed E-state index contributed by atoms with van der Waals surface area (Å²) < 4.78 is 1.03. The molecule has 0 atom stereocenters. The second-order valence-corrected chi connectivity index (χ2v) is 7.05. The smallest absolute Gasteiger partial charge is 0.234 e. The van der Waals surface area contributed by atoms with Crippen molar-refractivity contribution in [1.82, 2.24) is 0 Å². The summed E-state index contributed by atoms with van der Waals surface area (Å²) in [6, 6.07) is 12.9. The molecule has 0 saturated carbocycles. The second-order valence-electron chi connectivity index (χ2n) is 3.91. The normalized spacial score (nSPS) is 10.3. The minimum Gasteiger partial charge on any atom is -0.324 e. The molecule has 0 radical (unpaired) electrons. The summed E-state index contributed by atoms with van der Waals surface area (Å²) in [7, 11) is 0. The van der Waals surface area contributed by atoms with E-state index in [-0.39, 0.29) is 5.91 Å². The van der Waals surface area contributed by atoms with Crippen LogP contribution in [0.1, 0.15) is 0 Å². The van der Waals surface area contributed by atoms with Gasteiger partial charge in [0.25, 0.3) is 0 Å². The lowest BCUT2D eigenvalue weighted by molar-refractivity contribution is -0.113. The molecule has 0 fully saturated rings. The van der Waals surface area contributed by atoms with Gasteiger partial charge in [0.1, 0.15) is 0 Å². The molecule has 0 saturated heterocycles. The molecule has 1 amide bonds. The zero-order chi connectivity index (χ0) is 14.5. The van der Waals surface area contributed by atoms with Gasteiger partial charge in [-0.25, -0.2) is 0 Å². The van der Waals surface area contributed by atoms with E-state index in [0.717, 1.165) is 8.47 Å². The number of thioether (sulfide) groups is 1. The largest absolute Gasteiger partial charge is 0.324 e. The molecule has 0 aliphatic heterocycles. The average molecular weight is 438 g/mol. The topological polar surface area (TPSA) is 29.1 Å². The summed E-state index contributed by atoms with van der Waals surface area (Å²) in [4.78, 5) is 12.9. The molecule has 0 heterocycles. The van der Waals surface area contributed by atoms with Crippen LogP contribution in [0.2, 0.25) is 10.0 Å². The van der Waals surface area contributed by atoms with E-state index in [0.29, 0.717) is 21.5 Å². The van der Waals surface area contributed by atoms with Crippen molar-refractivity contribution in [3.8, 4) is 0 Å². The van der Waals surface area contributed by atoms with Gasteiger partial charge in [0.15, 0.2) is 0 Å². The van der Waals surface area contributed by atoms with Crippen molar-refractivity contribution in [2.45, 2.75) is 4.90 Å². The molecule has 0 spiro atoms. The molecule has 1 N–H and O–H groups in total. The number of carbonyl (C=O) groups is 1. The summed E-state index contributed by atoms with van der Waals surface area (Å²) in [6.45, 7) is 0. The van der Waals surface area contributed by atoms with E-state index in [1.165, 1.54) is 11.8 Å². The Morgan fingerprint density at radius 1 is 1.15 bits per heavy atom. The number of hydrogen-bond donors (Lipinski definition) is 1. The summed E-state index contributed by atoms with van der Waals surface area (Å²) in [5.74, 6) is 0.234. The van der Waals surface area contributed by atoms with E-state index >= 15 is 0 Å². The number of rotatable bonds is 4. The van der Waals surface area contributed by atoms with Crippen molar-refractivity contribution in [3.63, 3.8) is 0 Å². The Morgan fingerprint density at radius 2 is 1.85 bits per heavy atom. The maximum absolute atomic E-state index is 11.9. The Morgan fingerprint density at radius 3 is 2.50 bits per heavy atom. The minimum absolute atomic E-state index is 0.0898. The van der Waals surface area contributed by atoms with E-state index in [1.807, 2.05) is 24.3 Å². The van der Waals surface area contributed by atoms with Gasteiger partial charge in [0, 0.05) is 13.5 Å². The molecule has 2 aromatic carbocycles. The summed E-state index contributed by atoms with van der Waals surface area (Å²) in [5.41, 5.74) is 0.633. The van der Waals surface area contributed by atoms with Crippen LogP contribution in [0.3, 0.4) is 0 Å². The predicted molar refractivity (Wildman–Crippen MR) is 95.0 cm³/mol. The van der Waals surface area contributed by atoms with Gasteiger partial charge in [-0.15, -0.1) is 11.8 Å². The van der Waals surface area contributed by atoms with Crippen molar-refractivity contribution in [3.05, 3.63) is 56.1 Å². The number of anilines is 1. The number of nitrogens with one attached hydrogen (secondary N) is 1. The summed E-state index contributed by atoms with van der Waals surface area (Å²) in [6.07, 6.45) is 0. The van der Waals surface area contributed by atoms with Crippen molar-refractivity contribution in [2.75, 3.05) is 11.1 Å². The third kappa shape index (κ3) is 4.84. The molecule has 104 valence electrons. The van der Waals surface area contributed by atoms with Crippen molar-refractivity contribution in [1.29, 1.82) is 0 Å². The number of hydrogen-bond acceptors (Lipinski definition) is 2. The Balaban J connectivity index is 1.90. The number of amides is 1. The van der Waals surface area contributed by atoms with Gasteiger partial charge in [0.05, 0.1) is 16.5 Å². The maximum atomic E-state index is 11.9. The molecule has 0 unspecified atom stereocenters. The van der Waals surface area contributed by atoms with Crippen LogP contribution >= 0.6 is 57.6 Å². The minimum atomic E-state index is -0.0898. The van der Waals surface area contributed by atoms with E-state index in [9.17, 15) is 4.79 Å². The third-order valence-electron chi connectivity index (χ3n) is 2.39. The van der Waals surface area contributed by atoms with Crippen LogP contribution in [0.25, 0.3) is 0 Å². The zero-order valence-electron chi connectivity index (χ0n) is 10.2. The Hall–Kier alpha value is -0.430. The predicted octanol–water partition coefficient (Wildman–Crippen LogP) is 5.33. The first-order chi connectivity index (χ1) is 9.54. The first kappa shape index (κ1) is 15.9. The molecule has 0 bridgehead atoms. The SMILES string of the molecule is O=C(CSc1ccc(Cl)cc1)Nc1ccc(I)cc1Cl. The zero-order valence-corrected chi connectivity index (χ0v) is 14.7. The molecule has 0 aromatic heterocycles. The quantitative estimate of drug-likeness (QED) is 0.517. The molecule has 2 aromatic rings. The van der Waals surface area contributed by atoms with Crippen LogP contribution in [-0.4, -0.2) is 11.7 Å². The van der Waals surface area contributed by atoms with E-state index in [2.05, 4.69) is 27.9 Å². The van der Waals surface area contributed by atoms with Crippen molar-refractivity contribution < 1.29 is 4.79 Å². The molecular weight excluding hydrogens is 428 g/mol. The molecular formula is C14H10Cl2INOS. The molecule has 2 rings (SSSR count). The Kier molecular flexibility index (Phi) is 6.01. The van der Waals surface area contributed by atoms with Gasteiger partial charge < -0.3 is 5.32 Å². The maximum Gasteiger partial charge on any atom is 0.234 e.